The molecule has 1 rings (SSSR count). The number of benzene rings is 1. The van der Waals surface area contributed by atoms with Gasteiger partial charge in [-0.15, -0.1) is 0 Å². The van der Waals surface area contributed by atoms with Gasteiger partial charge in [-0.2, -0.15) is 0 Å². The van der Waals surface area contributed by atoms with Crippen molar-refractivity contribution in [3.05, 3.63) is 46.0 Å². The molecular formula is C11H16N2O2. The van der Waals surface area contributed by atoms with E-state index in [1.54, 1.807) is 0 Å². The molecule has 1 aromatic rings. The average molecular weight is 208 g/mol. The Morgan fingerprint density at radius 2 is 1.93 bits per heavy atom. The van der Waals surface area contributed by atoms with Gasteiger partial charge in [-0.25, -0.2) is 0 Å². The van der Waals surface area contributed by atoms with E-state index in [0.29, 0.717) is 6.42 Å². The molecule has 0 fully saturated rings. The lowest BCUT2D eigenvalue weighted by atomic mass is 10.2. The summed E-state index contributed by atoms with van der Waals surface area (Å²) in [6, 6.07) is 10.1. The predicted molar refractivity (Wildman–Crippen MR) is 59.2 cm³/mol. The minimum atomic E-state index is -0.267. The molecule has 0 saturated carbocycles. The van der Waals surface area contributed by atoms with Crippen LogP contribution in [0.5, 0.6) is 0 Å². The highest BCUT2D eigenvalue weighted by atomic mass is 16.6. The molecule has 0 heterocycles. The van der Waals surface area contributed by atoms with Crippen molar-refractivity contribution >= 4 is 0 Å². The summed E-state index contributed by atoms with van der Waals surface area (Å²) in [5.74, 6) is 0. The number of nitrogens with zero attached hydrogens (tertiary/aromatic N) is 1. The van der Waals surface area contributed by atoms with Crippen molar-refractivity contribution in [3.8, 4) is 0 Å². The largest absolute Gasteiger partial charge is 0.313 e. The summed E-state index contributed by atoms with van der Waals surface area (Å²) < 4.78 is 0. The second-order valence-corrected chi connectivity index (χ2v) is 3.43. The Morgan fingerprint density at radius 1 is 1.20 bits per heavy atom. The van der Waals surface area contributed by atoms with Crippen molar-refractivity contribution in [1.82, 2.24) is 5.32 Å². The van der Waals surface area contributed by atoms with Crippen LogP contribution in [0.1, 0.15) is 18.4 Å². The van der Waals surface area contributed by atoms with Crippen molar-refractivity contribution in [1.29, 1.82) is 0 Å². The molecule has 0 aromatic heterocycles. The zero-order chi connectivity index (χ0) is 10.9. The van der Waals surface area contributed by atoms with E-state index in [9.17, 15) is 10.1 Å². The Morgan fingerprint density at radius 3 is 2.60 bits per heavy atom. The molecule has 0 aliphatic carbocycles. The van der Waals surface area contributed by atoms with Crippen molar-refractivity contribution in [2.45, 2.75) is 19.4 Å². The lowest BCUT2D eigenvalue weighted by Gasteiger charge is -2.03. The van der Waals surface area contributed by atoms with E-state index in [1.807, 2.05) is 18.2 Å². The van der Waals surface area contributed by atoms with Gasteiger partial charge in [0.1, 0.15) is 0 Å². The first-order chi connectivity index (χ1) is 7.29. The SMILES string of the molecule is O=[N+]([O-])CCCCNCc1ccccc1. The maximum Gasteiger partial charge on any atom is 0.203 e. The molecule has 0 bridgehead atoms. The van der Waals surface area contributed by atoms with Gasteiger partial charge in [0.15, 0.2) is 0 Å². The minimum Gasteiger partial charge on any atom is -0.313 e. The molecule has 4 heteroatoms. The third-order valence-electron chi connectivity index (χ3n) is 2.12. The third kappa shape index (κ3) is 5.80. The molecule has 82 valence electrons. The standard InChI is InChI=1S/C11H16N2O2/c14-13(15)9-5-4-8-12-10-11-6-2-1-3-7-11/h1-3,6-7,12H,4-5,8-10H2. The number of nitrogens with one attached hydrogen (secondary N) is 1. The van der Waals surface area contributed by atoms with E-state index in [4.69, 9.17) is 0 Å². The minimum absolute atomic E-state index is 0.0764. The van der Waals surface area contributed by atoms with Crippen LogP contribution in [0, 0.1) is 10.1 Å². The number of unbranched alkanes of at least 4 members (excludes halogenated alkanes) is 1. The lowest BCUT2D eigenvalue weighted by Crippen LogP contribution is -2.15. The van der Waals surface area contributed by atoms with Crippen LogP contribution >= 0.6 is 0 Å². The van der Waals surface area contributed by atoms with Gasteiger partial charge in [0, 0.05) is 17.9 Å². The third-order valence-corrected chi connectivity index (χ3v) is 2.12. The summed E-state index contributed by atoms with van der Waals surface area (Å²) in [6.45, 7) is 1.75. The van der Waals surface area contributed by atoms with E-state index in [2.05, 4.69) is 17.4 Å². The molecule has 0 radical (unpaired) electrons. The lowest BCUT2D eigenvalue weighted by molar-refractivity contribution is -0.480. The molecule has 0 atom stereocenters. The van der Waals surface area contributed by atoms with E-state index in [0.717, 1.165) is 19.5 Å². The van der Waals surface area contributed by atoms with Gasteiger partial charge in [-0.1, -0.05) is 30.3 Å². The number of hydrogen-bond acceptors (Lipinski definition) is 3. The Bertz CT molecular complexity index is 288. The van der Waals surface area contributed by atoms with E-state index < -0.39 is 0 Å². The molecule has 0 unspecified atom stereocenters. The molecule has 0 spiro atoms. The zero-order valence-electron chi connectivity index (χ0n) is 8.69. The molecule has 1 aromatic carbocycles. The van der Waals surface area contributed by atoms with Gasteiger partial charge in [0.2, 0.25) is 6.54 Å². The van der Waals surface area contributed by atoms with Gasteiger partial charge < -0.3 is 5.32 Å². The number of hydrogen-bond donors (Lipinski definition) is 1. The fourth-order valence-corrected chi connectivity index (χ4v) is 1.32. The smallest absolute Gasteiger partial charge is 0.203 e. The first kappa shape index (κ1) is 11.7. The molecule has 0 aliphatic heterocycles. The first-order valence-corrected chi connectivity index (χ1v) is 5.15. The summed E-state index contributed by atoms with van der Waals surface area (Å²) in [7, 11) is 0. The van der Waals surface area contributed by atoms with Gasteiger partial charge in [-0.05, 0) is 18.5 Å². The van der Waals surface area contributed by atoms with Crippen LogP contribution in [0.2, 0.25) is 0 Å². The van der Waals surface area contributed by atoms with Crippen LogP contribution in [0.25, 0.3) is 0 Å². The monoisotopic (exact) mass is 208 g/mol. The quantitative estimate of drug-likeness (QED) is 0.422. The second kappa shape index (κ2) is 6.95. The predicted octanol–water partition coefficient (Wildman–Crippen LogP) is 1.83. The van der Waals surface area contributed by atoms with E-state index in [-0.39, 0.29) is 11.5 Å². The highest BCUT2D eigenvalue weighted by Crippen LogP contribution is 1.97. The van der Waals surface area contributed by atoms with Gasteiger partial charge in [0.25, 0.3) is 0 Å². The first-order valence-electron chi connectivity index (χ1n) is 5.15. The van der Waals surface area contributed by atoms with Crippen LogP contribution in [0.3, 0.4) is 0 Å². The molecule has 0 saturated heterocycles. The van der Waals surface area contributed by atoms with Gasteiger partial charge >= 0.3 is 0 Å². The van der Waals surface area contributed by atoms with Crippen LogP contribution in [-0.4, -0.2) is 18.0 Å². The number of rotatable bonds is 7. The molecule has 0 aliphatic rings. The Kier molecular flexibility index (Phi) is 5.40. The topological polar surface area (TPSA) is 55.2 Å². The highest BCUT2D eigenvalue weighted by Gasteiger charge is 1.96. The maximum atomic E-state index is 10.0. The van der Waals surface area contributed by atoms with Gasteiger partial charge in [0.05, 0.1) is 0 Å². The van der Waals surface area contributed by atoms with Gasteiger partial charge in [-0.3, -0.25) is 10.1 Å². The number of nitro groups is 1. The molecule has 0 amide bonds. The molecule has 4 nitrogen and oxygen atoms in total. The van der Waals surface area contributed by atoms with Crippen LogP contribution < -0.4 is 5.32 Å². The van der Waals surface area contributed by atoms with E-state index in [1.165, 1.54) is 5.56 Å². The van der Waals surface area contributed by atoms with Crippen molar-refractivity contribution in [2.75, 3.05) is 13.1 Å². The molecular weight excluding hydrogens is 192 g/mol. The molecule has 15 heavy (non-hydrogen) atoms. The Balaban J connectivity index is 2.00. The van der Waals surface area contributed by atoms with E-state index >= 15 is 0 Å². The summed E-state index contributed by atoms with van der Waals surface area (Å²) in [5.41, 5.74) is 1.24. The molecule has 1 N–H and O–H groups in total. The normalized spacial score (nSPS) is 10.1. The second-order valence-electron chi connectivity index (χ2n) is 3.43. The maximum absolute atomic E-state index is 10.0. The van der Waals surface area contributed by atoms with Crippen molar-refractivity contribution in [2.24, 2.45) is 0 Å². The van der Waals surface area contributed by atoms with Crippen LogP contribution in [0.15, 0.2) is 30.3 Å². The van der Waals surface area contributed by atoms with Crippen molar-refractivity contribution in [3.63, 3.8) is 0 Å². The fourth-order valence-electron chi connectivity index (χ4n) is 1.32. The summed E-state index contributed by atoms with van der Waals surface area (Å²) in [4.78, 5) is 9.77. The zero-order valence-corrected chi connectivity index (χ0v) is 8.69. The summed E-state index contributed by atoms with van der Waals surface area (Å²) in [5, 5.41) is 13.3. The average Bonchev–Trinajstić information content (AvgIpc) is 2.24. The fraction of sp³-hybridized carbons (Fsp3) is 0.455. The van der Waals surface area contributed by atoms with Crippen LogP contribution in [0.4, 0.5) is 0 Å². The summed E-state index contributed by atoms with van der Waals surface area (Å²) in [6.07, 6.45) is 1.50. The summed E-state index contributed by atoms with van der Waals surface area (Å²) >= 11 is 0. The Labute approximate surface area is 89.5 Å². The highest BCUT2D eigenvalue weighted by molar-refractivity contribution is 5.14. The van der Waals surface area contributed by atoms with Crippen molar-refractivity contribution < 1.29 is 4.92 Å². The Hall–Kier alpha value is -1.42. The van der Waals surface area contributed by atoms with Crippen LogP contribution in [-0.2, 0) is 6.54 Å².